The van der Waals surface area contributed by atoms with Crippen molar-refractivity contribution in [3.8, 4) is 0 Å². The van der Waals surface area contributed by atoms with E-state index >= 15 is 0 Å². The summed E-state index contributed by atoms with van der Waals surface area (Å²) in [6.45, 7) is 18.0. The van der Waals surface area contributed by atoms with Gasteiger partial charge in [0.15, 0.2) is 5.96 Å². The number of nitrogens with one attached hydrogen (secondary N) is 5. The van der Waals surface area contributed by atoms with Gasteiger partial charge in [-0.3, -0.25) is 15.0 Å². The molecule has 1 aromatic rings. The summed E-state index contributed by atoms with van der Waals surface area (Å²) in [5.41, 5.74) is 1.50. The van der Waals surface area contributed by atoms with Gasteiger partial charge in [0.05, 0.1) is 17.6 Å². The summed E-state index contributed by atoms with van der Waals surface area (Å²) in [7, 11) is 1.15. The van der Waals surface area contributed by atoms with Crippen molar-refractivity contribution in [2.24, 2.45) is 23.2 Å². The summed E-state index contributed by atoms with van der Waals surface area (Å²) in [5.74, 6) is 0.737. The molecule has 4 fully saturated rings. The van der Waals surface area contributed by atoms with Crippen LogP contribution in [-0.2, 0) is 19.5 Å². The Morgan fingerprint density at radius 1 is 1.09 bits per heavy atom. The first-order chi connectivity index (χ1) is 20.1. The zero-order valence-corrected chi connectivity index (χ0v) is 27.7. The zero-order valence-electron chi connectivity index (χ0n) is 27.7. The van der Waals surface area contributed by atoms with E-state index in [-0.39, 0.29) is 46.3 Å². The molecule has 10 heteroatoms. The molecule has 1 aromatic carbocycles. The number of benzene rings is 1. The molecule has 0 unspecified atom stereocenters. The predicted molar refractivity (Wildman–Crippen MR) is 172 cm³/mol. The lowest BCUT2D eigenvalue weighted by atomic mass is 9.43. The van der Waals surface area contributed by atoms with Crippen molar-refractivity contribution in [3.05, 3.63) is 35.4 Å². The Labute approximate surface area is 259 Å². The second kappa shape index (κ2) is 12.8. The molecule has 43 heavy (non-hydrogen) atoms. The van der Waals surface area contributed by atoms with Crippen LogP contribution in [0.1, 0.15) is 103 Å². The van der Waals surface area contributed by atoms with Gasteiger partial charge in [-0.2, -0.15) is 0 Å². The average molecular weight is 596 g/mol. The van der Waals surface area contributed by atoms with Crippen molar-refractivity contribution in [1.29, 1.82) is 5.41 Å². The second-order valence-electron chi connectivity index (χ2n) is 15.1. The van der Waals surface area contributed by atoms with Gasteiger partial charge in [0.1, 0.15) is 6.04 Å². The summed E-state index contributed by atoms with van der Waals surface area (Å²) in [6.07, 6.45) is 3.89. The molecule has 0 spiro atoms. The van der Waals surface area contributed by atoms with Gasteiger partial charge in [-0.15, -0.1) is 0 Å². The number of amides is 2. The maximum atomic E-state index is 13.9. The van der Waals surface area contributed by atoms with Crippen LogP contribution in [0.5, 0.6) is 0 Å². The van der Waals surface area contributed by atoms with Crippen molar-refractivity contribution in [2.75, 3.05) is 13.6 Å². The van der Waals surface area contributed by atoms with Crippen LogP contribution < -0.4 is 21.3 Å². The molecular formula is C33H54BN5O4. The van der Waals surface area contributed by atoms with E-state index in [0.29, 0.717) is 49.1 Å². The Morgan fingerprint density at radius 3 is 2.35 bits per heavy atom. The van der Waals surface area contributed by atoms with Gasteiger partial charge < -0.3 is 30.6 Å². The lowest BCUT2D eigenvalue weighted by Gasteiger charge is -2.64. The first kappa shape index (κ1) is 33.3. The fourth-order valence-corrected chi connectivity index (χ4v) is 7.34. The largest absolute Gasteiger partial charge is 0.481 e. The van der Waals surface area contributed by atoms with Crippen LogP contribution in [0.4, 0.5) is 0 Å². The molecule has 5 rings (SSSR count). The van der Waals surface area contributed by atoms with Gasteiger partial charge in [-0.1, -0.05) is 60.6 Å². The van der Waals surface area contributed by atoms with Crippen LogP contribution in [0.25, 0.3) is 0 Å². The molecule has 4 aliphatic rings. The number of carbonyl (C=O) groups excluding carboxylic acids is 2. The molecule has 3 aliphatic carbocycles. The summed E-state index contributed by atoms with van der Waals surface area (Å²) in [5, 5.41) is 19.7. The Balaban J connectivity index is 1.47. The molecule has 1 saturated heterocycles. The normalized spacial score (nSPS) is 27.0. The third kappa shape index (κ3) is 7.22. The topological polar surface area (TPSA) is 125 Å². The van der Waals surface area contributed by atoms with Crippen molar-refractivity contribution in [2.45, 2.75) is 117 Å². The van der Waals surface area contributed by atoms with Crippen LogP contribution >= 0.6 is 0 Å². The fraction of sp³-hybridized carbons (Fsp3) is 0.727. The number of rotatable bonds is 11. The van der Waals surface area contributed by atoms with Crippen LogP contribution in [-0.4, -0.2) is 62.2 Å². The third-order valence-electron chi connectivity index (χ3n) is 10.2. The highest BCUT2D eigenvalue weighted by atomic mass is 16.7. The van der Waals surface area contributed by atoms with Gasteiger partial charge >= 0.3 is 7.12 Å². The van der Waals surface area contributed by atoms with Crippen LogP contribution in [0.15, 0.2) is 24.3 Å². The molecule has 2 amide bonds. The number of guanidine groups is 1. The second-order valence-corrected chi connectivity index (χ2v) is 15.1. The van der Waals surface area contributed by atoms with E-state index < -0.39 is 13.2 Å². The van der Waals surface area contributed by atoms with Crippen molar-refractivity contribution < 1.29 is 18.9 Å². The van der Waals surface area contributed by atoms with E-state index in [1.165, 1.54) is 6.42 Å². The highest BCUT2D eigenvalue weighted by Crippen LogP contribution is 2.65. The quantitative estimate of drug-likeness (QED) is 0.112. The molecule has 0 radical (unpaired) electrons. The Morgan fingerprint density at radius 2 is 1.77 bits per heavy atom. The van der Waals surface area contributed by atoms with E-state index in [4.69, 9.17) is 14.7 Å². The summed E-state index contributed by atoms with van der Waals surface area (Å²) in [6, 6.07) is 6.82. The molecule has 3 saturated carbocycles. The lowest BCUT2D eigenvalue weighted by molar-refractivity contribution is -0.199. The highest BCUT2D eigenvalue weighted by Gasteiger charge is 2.68. The smallest absolute Gasteiger partial charge is 0.404 e. The van der Waals surface area contributed by atoms with E-state index in [1.807, 2.05) is 24.3 Å². The lowest BCUT2D eigenvalue weighted by Crippen LogP contribution is -2.65. The Hall–Kier alpha value is -2.59. The molecule has 1 aliphatic heterocycles. The highest BCUT2D eigenvalue weighted by molar-refractivity contribution is 6.48. The average Bonchev–Trinajstić information content (AvgIpc) is 3.30. The first-order valence-electron chi connectivity index (χ1n) is 16.1. The van der Waals surface area contributed by atoms with Crippen LogP contribution in [0.3, 0.4) is 0 Å². The summed E-state index contributed by atoms with van der Waals surface area (Å²) in [4.78, 5) is 27.2. The first-order valence-corrected chi connectivity index (χ1v) is 16.1. The van der Waals surface area contributed by atoms with Crippen molar-refractivity contribution in [3.63, 3.8) is 0 Å². The van der Waals surface area contributed by atoms with Gasteiger partial charge in [0.25, 0.3) is 5.91 Å². The summed E-state index contributed by atoms with van der Waals surface area (Å²) < 4.78 is 13.3. The van der Waals surface area contributed by atoms with Crippen molar-refractivity contribution >= 4 is 24.9 Å². The van der Waals surface area contributed by atoms with Crippen LogP contribution in [0, 0.1) is 28.6 Å². The van der Waals surface area contributed by atoms with Gasteiger partial charge in [-0.05, 0) is 85.3 Å². The van der Waals surface area contributed by atoms with E-state index in [9.17, 15) is 9.59 Å². The minimum Gasteiger partial charge on any atom is -0.404 e. The molecular weight excluding hydrogens is 541 g/mol. The summed E-state index contributed by atoms with van der Waals surface area (Å²) >= 11 is 0. The minimum atomic E-state index is -0.749. The van der Waals surface area contributed by atoms with Gasteiger partial charge in [0, 0.05) is 19.2 Å². The maximum Gasteiger partial charge on any atom is 0.481 e. The maximum absolute atomic E-state index is 13.9. The van der Waals surface area contributed by atoms with Crippen LogP contribution in [0.2, 0.25) is 0 Å². The third-order valence-corrected chi connectivity index (χ3v) is 10.2. The Kier molecular flexibility index (Phi) is 9.91. The molecule has 6 atom stereocenters. The number of carbonyl (C=O) groups is 2. The SMILES string of the molecule is CNC(=N)NCCC[C@H](NC(=O)c1ccc(C(C)(C)C)cc1)C(=O)N[C@@H](CC(C)C)B1O[C@@H]2C[C@@H]3C[C@@H](C3(C)C)[C@]2(C)O1. The van der Waals surface area contributed by atoms with E-state index in [2.05, 4.69) is 76.7 Å². The van der Waals surface area contributed by atoms with Crippen molar-refractivity contribution in [1.82, 2.24) is 21.3 Å². The van der Waals surface area contributed by atoms with Gasteiger partial charge in [-0.25, -0.2) is 0 Å². The fourth-order valence-electron chi connectivity index (χ4n) is 7.34. The Bertz CT molecular complexity index is 1170. The molecule has 9 nitrogen and oxygen atoms in total. The minimum absolute atomic E-state index is 0.0218. The standard InChI is InChI=1S/C33H54BN5O4/c1-20(2)17-27(34-42-26-19-23-18-25(32(23,6)7)33(26,8)43-34)39-29(41)24(11-10-16-37-30(35)36-9)38-28(40)21-12-14-22(15-13-21)31(3,4)5/h12-15,20,23-27H,10-11,16-19H2,1-9H3,(H,38,40)(H,39,41)(H3,35,36,37)/t23-,24-,25-,26+,27-,33-/m0/s1. The molecule has 2 bridgehead atoms. The van der Waals surface area contributed by atoms with E-state index in [0.717, 1.165) is 12.0 Å². The molecule has 0 aromatic heterocycles. The molecule has 5 N–H and O–H groups in total. The van der Waals surface area contributed by atoms with Gasteiger partial charge in [0.2, 0.25) is 5.91 Å². The number of hydrogen-bond donors (Lipinski definition) is 5. The number of hydrogen-bond acceptors (Lipinski definition) is 5. The monoisotopic (exact) mass is 595 g/mol. The predicted octanol–water partition coefficient (Wildman–Crippen LogP) is 4.40. The molecule has 1 heterocycles. The zero-order chi connectivity index (χ0) is 31.7. The molecule has 238 valence electrons. The van der Waals surface area contributed by atoms with E-state index in [1.54, 1.807) is 7.05 Å².